The van der Waals surface area contributed by atoms with Gasteiger partial charge >= 0.3 is 5.97 Å². The smallest absolute Gasteiger partial charge is 0.308 e. The van der Waals surface area contributed by atoms with E-state index in [1.165, 1.54) is 0 Å². The van der Waals surface area contributed by atoms with Gasteiger partial charge in [-0.1, -0.05) is 13.8 Å². The van der Waals surface area contributed by atoms with Gasteiger partial charge in [-0.25, -0.2) is 16.8 Å². The fourth-order valence-corrected chi connectivity index (χ4v) is 3.09. The molecular formula is C16H34N2O10S2. The van der Waals surface area contributed by atoms with Crippen molar-refractivity contribution in [3.8, 4) is 0 Å². The van der Waals surface area contributed by atoms with E-state index in [0.717, 1.165) is 0 Å². The summed E-state index contributed by atoms with van der Waals surface area (Å²) in [5.41, 5.74) is 0. The van der Waals surface area contributed by atoms with Gasteiger partial charge in [-0.2, -0.15) is 0 Å². The van der Waals surface area contributed by atoms with Gasteiger partial charge in [0, 0.05) is 6.42 Å². The number of hydrogen-bond acceptors (Lipinski definition) is 10. The molecule has 0 fully saturated rings. The number of carbonyl (C=O) groups excluding carboxylic acids is 1. The molecule has 0 heterocycles. The number of carbonyl (C=O) groups is 1. The number of likely N-dealkylation sites (N-methyl/N-ethyl adjacent to an activating group) is 2. The number of quaternary nitrogens is 2. The van der Waals surface area contributed by atoms with E-state index in [-0.39, 0.29) is 38.3 Å². The van der Waals surface area contributed by atoms with Gasteiger partial charge in [0.1, 0.15) is 39.4 Å². The van der Waals surface area contributed by atoms with E-state index in [4.69, 9.17) is 4.74 Å². The van der Waals surface area contributed by atoms with Gasteiger partial charge in [0.25, 0.3) is 0 Å². The second kappa shape index (κ2) is 12.2. The molecule has 0 saturated heterocycles. The Hall–Kier alpha value is -0.870. The van der Waals surface area contributed by atoms with Crippen LogP contribution in [0.2, 0.25) is 0 Å². The SMILES string of the molecule is CC(C)C(=O)OCC[N+](C)(CCCOS(=O)(=O)[O-])CC[N+](C)(C)CCOS(=O)(=O)[O-]. The van der Waals surface area contributed by atoms with Gasteiger partial charge in [-0.05, 0) is 0 Å². The normalized spacial score (nSPS) is 15.2. The van der Waals surface area contributed by atoms with E-state index in [1.807, 2.05) is 21.1 Å². The summed E-state index contributed by atoms with van der Waals surface area (Å²) in [6, 6.07) is 0. The van der Waals surface area contributed by atoms with Crippen LogP contribution in [0.25, 0.3) is 0 Å². The molecule has 0 rings (SSSR count). The zero-order chi connectivity index (χ0) is 23.6. The molecule has 0 aromatic carbocycles. The predicted molar refractivity (Wildman–Crippen MR) is 104 cm³/mol. The van der Waals surface area contributed by atoms with Crippen LogP contribution in [0.15, 0.2) is 0 Å². The van der Waals surface area contributed by atoms with E-state index < -0.39 is 20.8 Å². The fraction of sp³-hybridized carbons (Fsp3) is 0.938. The first-order valence-electron chi connectivity index (χ1n) is 9.47. The third-order valence-corrected chi connectivity index (χ3v) is 5.50. The molecule has 1 unspecified atom stereocenters. The summed E-state index contributed by atoms with van der Waals surface area (Å²) in [5.74, 6) is -0.582. The second-order valence-electron chi connectivity index (χ2n) is 8.31. The molecule has 180 valence electrons. The average Bonchev–Trinajstić information content (AvgIpc) is 2.55. The van der Waals surface area contributed by atoms with Gasteiger partial charge in [0.2, 0.25) is 20.8 Å². The molecule has 0 saturated carbocycles. The summed E-state index contributed by atoms with van der Waals surface area (Å²) in [6.07, 6.45) is 0.293. The highest BCUT2D eigenvalue weighted by atomic mass is 32.3. The Kier molecular flexibility index (Phi) is 11.9. The van der Waals surface area contributed by atoms with Crippen LogP contribution in [-0.2, 0) is 38.7 Å². The molecule has 0 aliphatic heterocycles. The number of hydrogen-bond donors (Lipinski definition) is 0. The first kappa shape index (κ1) is 29.1. The Bertz CT molecular complexity index is 737. The molecule has 0 spiro atoms. The molecule has 0 aromatic rings. The Morgan fingerprint density at radius 1 is 0.800 bits per heavy atom. The van der Waals surface area contributed by atoms with Crippen molar-refractivity contribution in [2.45, 2.75) is 20.3 Å². The molecule has 0 aromatic heterocycles. The zero-order valence-corrected chi connectivity index (χ0v) is 19.9. The van der Waals surface area contributed by atoms with Crippen LogP contribution in [0.5, 0.6) is 0 Å². The van der Waals surface area contributed by atoms with Crippen LogP contribution in [0.1, 0.15) is 20.3 Å². The number of rotatable bonds is 16. The number of ether oxygens (including phenoxy) is 1. The lowest BCUT2D eigenvalue weighted by molar-refractivity contribution is -0.955. The highest BCUT2D eigenvalue weighted by Crippen LogP contribution is 2.09. The molecule has 0 amide bonds. The van der Waals surface area contributed by atoms with Crippen molar-refractivity contribution in [3.05, 3.63) is 0 Å². The van der Waals surface area contributed by atoms with Crippen LogP contribution >= 0.6 is 0 Å². The van der Waals surface area contributed by atoms with Crippen molar-refractivity contribution < 1.29 is 52.8 Å². The number of nitrogens with zero attached hydrogens (tertiary/aromatic N) is 2. The summed E-state index contributed by atoms with van der Waals surface area (Å²) < 4.78 is 77.9. The van der Waals surface area contributed by atoms with Crippen molar-refractivity contribution >= 4 is 26.8 Å². The maximum absolute atomic E-state index is 11.7. The third kappa shape index (κ3) is 15.9. The average molecular weight is 479 g/mol. The lowest BCUT2D eigenvalue weighted by Gasteiger charge is -2.38. The zero-order valence-electron chi connectivity index (χ0n) is 18.2. The minimum atomic E-state index is -4.76. The summed E-state index contributed by atoms with van der Waals surface area (Å²) in [6.45, 7) is 5.44. The van der Waals surface area contributed by atoms with E-state index >= 15 is 0 Å². The Morgan fingerprint density at radius 3 is 1.83 bits per heavy atom. The topological polar surface area (TPSA) is 159 Å². The molecule has 0 N–H and O–H groups in total. The Balaban J connectivity index is 4.84. The van der Waals surface area contributed by atoms with Crippen molar-refractivity contribution in [2.24, 2.45) is 5.92 Å². The van der Waals surface area contributed by atoms with Crippen molar-refractivity contribution in [2.75, 3.05) is 73.7 Å². The van der Waals surface area contributed by atoms with Gasteiger partial charge in [0.15, 0.2) is 0 Å². The molecule has 0 aliphatic carbocycles. The summed E-state index contributed by atoms with van der Waals surface area (Å²) in [7, 11) is -3.92. The van der Waals surface area contributed by atoms with Crippen LogP contribution in [-0.4, -0.2) is 115 Å². The van der Waals surface area contributed by atoms with Gasteiger partial charge in [-0.15, -0.1) is 0 Å². The molecule has 14 heteroatoms. The van der Waals surface area contributed by atoms with Gasteiger partial charge in [-0.3, -0.25) is 13.2 Å². The number of esters is 1. The monoisotopic (exact) mass is 478 g/mol. The summed E-state index contributed by atoms with van der Waals surface area (Å²) >= 11 is 0. The van der Waals surface area contributed by atoms with E-state index in [0.29, 0.717) is 41.6 Å². The largest absolute Gasteiger partial charge is 0.726 e. The van der Waals surface area contributed by atoms with Crippen molar-refractivity contribution in [1.29, 1.82) is 0 Å². The first-order valence-corrected chi connectivity index (χ1v) is 12.1. The minimum absolute atomic E-state index is 0.166. The fourth-order valence-electron chi connectivity index (χ4n) is 2.49. The standard InChI is InChI=1S/C16H34N2O10S2/c1-15(2)16(19)26-13-11-18(5,7-6-12-27-29(20,21)22)9-8-17(3,4)10-14-28-30(23,24)25/h15H,6-14H2,1-5H3. The highest BCUT2D eigenvalue weighted by Gasteiger charge is 2.27. The van der Waals surface area contributed by atoms with Gasteiger partial charge in [0.05, 0.1) is 40.2 Å². The molecule has 0 radical (unpaired) electrons. The van der Waals surface area contributed by atoms with Crippen molar-refractivity contribution in [1.82, 2.24) is 0 Å². The lowest BCUT2D eigenvalue weighted by Crippen LogP contribution is -2.55. The van der Waals surface area contributed by atoms with E-state index in [2.05, 4.69) is 8.37 Å². The van der Waals surface area contributed by atoms with Gasteiger partial charge < -0.3 is 22.8 Å². The third-order valence-electron chi connectivity index (χ3n) is 4.59. The molecule has 0 bridgehead atoms. The Morgan fingerprint density at radius 2 is 1.33 bits per heavy atom. The molecular weight excluding hydrogens is 444 g/mol. The maximum Gasteiger partial charge on any atom is 0.308 e. The molecule has 1 atom stereocenters. The van der Waals surface area contributed by atoms with Crippen molar-refractivity contribution in [3.63, 3.8) is 0 Å². The second-order valence-corrected chi connectivity index (χ2v) is 10.4. The van der Waals surface area contributed by atoms with E-state index in [9.17, 15) is 30.7 Å². The highest BCUT2D eigenvalue weighted by molar-refractivity contribution is 7.81. The molecule has 12 nitrogen and oxygen atoms in total. The van der Waals surface area contributed by atoms with E-state index in [1.54, 1.807) is 13.8 Å². The molecule has 30 heavy (non-hydrogen) atoms. The quantitative estimate of drug-likeness (QED) is 0.0890. The van der Waals surface area contributed by atoms with Crippen LogP contribution in [0, 0.1) is 5.92 Å². The van der Waals surface area contributed by atoms with Crippen LogP contribution < -0.4 is 0 Å². The lowest BCUT2D eigenvalue weighted by atomic mass is 10.2. The van der Waals surface area contributed by atoms with Crippen LogP contribution in [0.3, 0.4) is 0 Å². The predicted octanol–water partition coefficient (Wildman–Crippen LogP) is -0.948. The molecule has 0 aliphatic rings. The first-order chi connectivity index (χ1) is 13.4. The summed E-state index contributed by atoms with van der Waals surface area (Å²) in [5, 5.41) is 0. The Labute approximate surface area is 179 Å². The summed E-state index contributed by atoms with van der Waals surface area (Å²) in [4.78, 5) is 11.7. The van der Waals surface area contributed by atoms with Crippen LogP contribution in [0.4, 0.5) is 0 Å². The minimum Gasteiger partial charge on any atom is -0.726 e. The maximum atomic E-state index is 11.7.